The summed E-state index contributed by atoms with van der Waals surface area (Å²) in [6.07, 6.45) is 0.748. The standard InChI is InChI=1S/C19H22N2O3/c1-12(2)19(23)21-9-8-17-15(11-21)10-18(24-17)14-4-6-16(7-5-14)20-13(3)22/h4-7,10,12H,8-9,11H2,1-3H3,(H,20,22). The van der Waals surface area contributed by atoms with Crippen molar-refractivity contribution in [3.63, 3.8) is 0 Å². The maximum absolute atomic E-state index is 12.2. The van der Waals surface area contributed by atoms with E-state index >= 15 is 0 Å². The van der Waals surface area contributed by atoms with Crippen LogP contribution < -0.4 is 5.32 Å². The first-order chi connectivity index (χ1) is 11.4. The highest BCUT2D eigenvalue weighted by Gasteiger charge is 2.25. The number of nitrogens with one attached hydrogen (secondary N) is 1. The van der Waals surface area contributed by atoms with Crippen LogP contribution in [0.4, 0.5) is 5.69 Å². The van der Waals surface area contributed by atoms with Crippen LogP contribution in [0.2, 0.25) is 0 Å². The van der Waals surface area contributed by atoms with Crippen molar-refractivity contribution in [1.29, 1.82) is 0 Å². The number of carbonyl (C=O) groups is 2. The van der Waals surface area contributed by atoms with E-state index < -0.39 is 0 Å². The monoisotopic (exact) mass is 326 g/mol. The van der Waals surface area contributed by atoms with Gasteiger partial charge in [-0.05, 0) is 30.3 Å². The summed E-state index contributed by atoms with van der Waals surface area (Å²) < 4.78 is 5.98. The first kappa shape index (κ1) is 16.3. The van der Waals surface area contributed by atoms with Crippen LogP contribution in [0.1, 0.15) is 32.1 Å². The number of carbonyl (C=O) groups excluding carboxylic acids is 2. The maximum atomic E-state index is 12.2. The fraction of sp³-hybridized carbons (Fsp3) is 0.368. The maximum Gasteiger partial charge on any atom is 0.225 e. The van der Waals surface area contributed by atoms with E-state index in [2.05, 4.69) is 5.32 Å². The van der Waals surface area contributed by atoms with Crippen LogP contribution in [0.15, 0.2) is 34.7 Å². The number of fused-ring (bicyclic) bond motifs is 1. The summed E-state index contributed by atoms with van der Waals surface area (Å²) in [4.78, 5) is 25.1. The van der Waals surface area contributed by atoms with E-state index in [-0.39, 0.29) is 17.7 Å². The lowest BCUT2D eigenvalue weighted by atomic mass is 10.1. The highest BCUT2D eigenvalue weighted by atomic mass is 16.3. The second-order valence-electron chi connectivity index (χ2n) is 6.48. The van der Waals surface area contributed by atoms with Gasteiger partial charge in [-0.15, -0.1) is 0 Å². The molecule has 2 amide bonds. The van der Waals surface area contributed by atoms with E-state index in [1.165, 1.54) is 6.92 Å². The lowest BCUT2D eigenvalue weighted by molar-refractivity contribution is -0.135. The zero-order chi connectivity index (χ0) is 17.3. The molecule has 2 heterocycles. The van der Waals surface area contributed by atoms with Crippen LogP contribution in [-0.2, 0) is 22.6 Å². The molecule has 5 nitrogen and oxygen atoms in total. The van der Waals surface area contributed by atoms with Gasteiger partial charge in [0.05, 0.1) is 0 Å². The molecule has 1 aliphatic rings. The third-order valence-electron chi connectivity index (χ3n) is 4.16. The van der Waals surface area contributed by atoms with Crippen molar-refractivity contribution in [2.24, 2.45) is 5.92 Å². The lowest BCUT2D eigenvalue weighted by Gasteiger charge is -2.27. The molecule has 0 saturated heterocycles. The van der Waals surface area contributed by atoms with Crippen molar-refractivity contribution in [3.05, 3.63) is 41.7 Å². The third-order valence-corrected chi connectivity index (χ3v) is 4.16. The van der Waals surface area contributed by atoms with Crippen molar-refractivity contribution in [2.75, 3.05) is 11.9 Å². The quantitative estimate of drug-likeness (QED) is 0.940. The van der Waals surface area contributed by atoms with Crippen LogP contribution in [0.5, 0.6) is 0 Å². The van der Waals surface area contributed by atoms with Gasteiger partial charge in [0.25, 0.3) is 0 Å². The number of rotatable bonds is 3. The average Bonchev–Trinajstić information content (AvgIpc) is 2.97. The van der Waals surface area contributed by atoms with Crippen LogP contribution in [0.25, 0.3) is 11.3 Å². The molecular formula is C19H22N2O3. The molecule has 1 aromatic carbocycles. The van der Waals surface area contributed by atoms with Crippen LogP contribution in [-0.4, -0.2) is 23.3 Å². The highest BCUT2D eigenvalue weighted by Crippen LogP contribution is 2.30. The Morgan fingerprint density at radius 3 is 2.54 bits per heavy atom. The molecule has 0 bridgehead atoms. The lowest BCUT2D eigenvalue weighted by Crippen LogP contribution is -2.37. The van der Waals surface area contributed by atoms with E-state index in [4.69, 9.17) is 4.42 Å². The van der Waals surface area contributed by atoms with E-state index in [1.807, 2.05) is 49.1 Å². The topological polar surface area (TPSA) is 62.6 Å². The summed E-state index contributed by atoms with van der Waals surface area (Å²) >= 11 is 0. The zero-order valence-electron chi connectivity index (χ0n) is 14.3. The smallest absolute Gasteiger partial charge is 0.225 e. The summed E-state index contributed by atoms with van der Waals surface area (Å²) in [5.74, 6) is 1.87. The van der Waals surface area contributed by atoms with E-state index in [1.54, 1.807) is 0 Å². The molecule has 0 aliphatic carbocycles. The van der Waals surface area contributed by atoms with Gasteiger partial charge in [0, 0.05) is 49.2 Å². The average molecular weight is 326 g/mol. The van der Waals surface area contributed by atoms with Crippen molar-refractivity contribution < 1.29 is 14.0 Å². The Balaban J connectivity index is 1.78. The van der Waals surface area contributed by atoms with Gasteiger partial charge in [0.2, 0.25) is 11.8 Å². The fourth-order valence-electron chi connectivity index (χ4n) is 2.95. The Hall–Kier alpha value is -2.56. The summed E-state index contributed by atoms with van der Waals surface area (Å²) in [6, 6.07) is 9.57. The first-order valence-electron chi connectivity index (χ1n) is 8.22. The number of benzene rings is 1. The predicted octanol–water partition coefficient (Wildman–Crippen LogP) is 3.45. The number of hydrogen-bond acceptors (Lipinski definition) is 3. The third kappa shape index (κ3) is 3.35. The molecule has 24 heavy (non-hydrogen) atoms. The number of nitrogens with zero attached hydrogens (tertiary/aromatic N) is 1. The number of hydrogen-bond donors (Lipinski definition) is 1. The van der Waals surface area contributed by atoms with Gasteiger partial charge in [0.15, 0.2) is 0 Å². The molecule has 2 aromatic rings. The molecule has 1 aromatic heterocycles. The Morgan fingerprint density at radius 1 is 1.21 bits per heavy atom. The van der Waals surface area contributed by atoms with E-state index in [9.17, 15) is 9.59 Å². The Labute approximate surface area is 141 Å². The van der Waals surface area contributed by atoms with Crippen LogP contribution in [0, 0.1) is 5.92 Å². The second kappa shape index (κ2) is 6.51. The van der Waals surface area contributed by atoms with E-state index in [0.717, 1.165) is 34.8 Å². The Morgan fingerprint density at radius 2 is 1.92 bits per heavy atom. The first-order valence-corrected chi connectivity index (χ1v) is 8.22. The molecule has 0 atom stereocenters. The van der Waals surface area contributed by atoms with Gasteiger partial charge in [0.1, 0.15) is 11.5 Å². The van der Waals surface area contributed by atoms with Crippen molar-refractivity contribution in [3.8, 4) is 11.3 Å². The van der Waals surface area contributed by atoms with Crippen LogP contribution in [0.3, 0.4) is 0 Å². The summed E-state index contributed by atoms with van der Waals surface area (Å²) in [7, 11) is 0. The highest BCUT2D eigenvalue weighted by molar-refractivity contribution is 5.88. The summed E-state index contributed by atoms with van der Waals surface area (Å²) in [6.45, 7) is 6.65. The predicted molar refractivity (Wildman–Crippen MR) is 92.4 cm³/mol. The zero-order valence-corrected chi connectivity index (χ0v) is 14.3. The van der Waals surface area contributed by atoms with E-state index in [0.29, 0.717) is 13.1 Å². The number of amides is 2. The molecule has 1 N–H and O–H groups in total. The SMILES string of the molecule is CC(=O)Nc1ccc(-c2cc3c(o2)CCN(C(=O)C(C)C)C3)cc1. The van der Waals surface area contributed by atoms with Crippen molar-refractivity contribution in [2.45, 2.75) is 33.7 Å². The minimum absolute atomic E-state index is 0.0132. The fourth-order valence-corrected chi connectivity index (χ4v) is 2.95. The van der Waals surface area contributed by atoms with Crippen molar-refractivity contribution >= 4 is 17.5 Å². The molecule has 5 heteroatoms. The normalized spacial score (nSPS) is 13.8. The summed E-state index contributed by atoms with van der Waals surface area (Å²) in [5, 5.41) is 2.75. The molecule has 0 saturated carbocycles. The molecular weight excluding hydrogens is 304 g/mol. The molecule has 3 rings (SSSR count). The van der Waals surface area contributed by atoms with Gasteiger partial charge < -0.3 is 14.6 Å². The summed E-state index contributed by atoms with van der Waals surface area (Å²) in [5.41, 5.74) is 2.80. The second-order valence-corrected chi connectivity index (χ2v) is 6.48. The minimum Gasteiger partial charge on any atom is -0.461 e. The van der Waals surface area contributed by atoms with Gasteiger partial charge in [-0.25, -0.2) is 0 Å². The molecule has 126 valence electrons. The van der Waals surface area contributed by atoms with Gasteiger partial charge in [-0.3, -0.25) is 9.59 Å². The van der Waals surface area contributed by atoms with Gasteiger partial charge >= 0.3 is 0 Å². The molecule has 0 fully saturated rings. The molecule has 0 radical (unpaired) electrons. The minimum atomic E-state index is -0.0916. The Kier molecular flexibility index (Phi) is 4.42. The number of anilines is 1. The largest absolute Gasteiger partial charge is 0.461 e. The van der Waals surface area contributed by atoms with Gasteiger partial charge in [-0.2, -0.15) is 0 Å². The molecule has 1 aliphatic heterocycles. The number of furan rings is 1. The molecule has 0 unspecified atom stereocenters. The van der Waals surface area contributed by atoms with Crippen LogP contribution >= 0.6 is 0 Å². The molecule has 0 spiro atoms. The Bertz CT molecular complexity index is 759. The van der Waals surface area contributed by atoms with Crippen molar-refractivity contribution in [1.82, 2.24) is 4.90 Å². The van der Waals surface area contributed by atoms with Gasteiger partial charge in [-0.1, -0.05) is 13.8 Å².